The lowest BCUT2D eigenvalue weighted by Gasteiger charge is -2.11. The van der Waals surface area contributed by atoms with Crippen molar-refractivity contribution in [3.8, 4) is 17.2 Å². The molecule has 0 radical (unpaired) electrons. The van der Waals surface area contributed by atoms with Gasteiger partial charge in [-0.05, 0) is 75.7 Å². The van der Waals surface area contributed by atoms with E-state index >= 15 is 0 Å². The number of hydrogen-bond acceptors (Lipinski definition) is 4. The first-order valence-electron chi connectivity index (χ1n) is 9.17. The summed E-state index contributed by atoms with van der Waals surface area (Å²) in [5.41, 5.74) is 1.57. The van der Waals surface area contributed by atoms with Gasteiger partial charge in [-0.15, -0.1) is 0 Å². The fourth-order valence-corrected chi connectivity index (χ4v) is 2.42. The van der Waals surface area contributed by atoms with Crippen LogP contribution in [0.3, 0.4) is 0 Å². The maximum absolute atomic E-state index is 12.1. The minimum absolute atomic E-state index is 0.115. The summed E-state index contributed by atoms with van der Waals surface area (Å²) in [6.45, 7) is 8.90. The van der Waals surface area contributed by atoms with Gasteiger partial charge >= 0.3 is 0 Å². The van der Waals surface area contributed by atoms with Gasteiger partial charge in [-0.1, -0.05) is 6.07 Å². The third-order valence-corrected chi connectivity index (χ3v) is 3.49. The second kappa shape index (κ2) is 10.3. The molecule has 0 aliphatic rings. The number of benzene rings is 2. The van der Waals surface area contributed by atoms with Crippen molar-refractivity contribution in [3.63, 3.8) is 0 Å². The van der Waals surface area contributed by atoms with E-state index in [-0.39, 0.29) is 12.0 Å². The van der Waals surface area contributed by atoms with E-state index in [2.05, 4.69) is 5.32 Å². The maximum atomic E-state index is 12.1. The Labute approximate surface area is 161 Å². The summed E-state index contributed by atoms with van der Waals surface area (Å²) in [6.07, 6.45) is 3.34. The number of amides is 1. The Morgan fingerprint density at radius 1 is 1.00 bits per heavy atom. The van der Waals surface area contributed by atoms with Crippen LogP contribution in [0, 0.1) is 0 Å². The molecule has 1 N–H and O–H groups in total. The average molecular weight is 369 g/mol. The van der Waals surface area contributed by atoms with Gasteiger partial charge in [0.1, 0.15) is 5.75 Å². The largest absolute Gasteiger partial charge is 0.491 e. The van der Waals surface area contributed by atoms with Crippen molar-refractivity contribution < 1.29 is 19.0 Å². The van der Waals surface area contributed by atoms with E-state index in [4.69, 9.17) is 14.2 Å². The van der Waals surface area contributed by atoms with Crippen LogP contribution in [0.5, 0.6) is 17.2 Å². The van der Waals surface area contributed by atoms with Crippen LogP contribution in [0.1, 0.15) is 33.3 Å². The number of ether oxygens (including phenoxy) is 3. The van der Waals surface area contributed by atoms with Crippen molar-refractivity contribution in [1.29, 1.82) is 0 Å². The molecule has 27 heavy (non-hydrogen) atoms. The lowest BCUT2D eigenvalue weighted by atomic mass is 10.2. The van der Waals surface area contributed by atoms with Crippen LogP contribution in [0.2, 0.25) is 0 Å². The van der Waals surface area contributed by atoms with Crippen LogP contribution in [0.25, 0.3) is 6.08 Å². The molecule has 1 amide bonds. The fourth-order valence-electron chi connectivity index (χ4n) is 2.42. The molecule has 2 aromatic rings. The van der Waals surface area contributed by atoms with E-state index in [1.807, 2.05) is 70.2 Å². The van der Waals surface area contributed by atoms with Crippen LogP contribution in [0.15, 0.2) is 48.5 Å². The topological polar surface area (TPSA) is 56.8 Å². The summed E-state index contributed by atoms with van der Waals surface area (Å²) in [6, 6.07) is 12.9. The summed E-state index contributed by atoms with van der Waals surface area (Å²) < 4.78 is 16.7. The van der Waals surface area contributed by atoms with Gasteiger partial charge < -0.3 is 19.5 Å². The van der Waals surface area contributed by atoms with E-state index in [1.54, 1.807) is 6.08 Å². The van der Waals surface area contributed by atoms with Crippen molar-refractivity contribution in [1.82, 2.24) is 0 Å². The zero-order valence-corrected chi connectivity index (χ0v) is 16.3. The SMILES string of the molecule is CCOc1ccc(C=CC(=O)Nc2ccc(OC(C)C)cc2)cc1OCC. The first kappa shape index (κ1) is 20.4. The molecule has 5 nitrogen and oxygen atoms in total. The van der Waals surface area contributed by atoms with Crippen LogP contribution in [0.4, 0.5) is 5.69 Å². The molecule has 2 aromatic carbocycles. The van der Waals surface area contributed by atoms with E-state index in [0.29, 0.717) is 30.4 Å². The Bertz CT molecular complexity index is 766. The van der Waals surface area contributed by atoms with E-state index < -0.39 is 0 Å². The minimum atomic E-state index is -0.209. The Balaban J connectivity index is 2.00. The second-order valence-corrected chi connectivity index (χ2v) is 6.09. The summed E-state index contributed by atoms with van der Waals surface area (Å²) in [4.78, 5) is 12.1. The molecule has 2 rings (SSSR count). The highest BCUT2D eigenvalue weighted by atomic mass is 16.5. The van der Waals surface area contributed by atoms with Gasteiger partial charge in [0, 0.05) is 11.8 Å². The summed E-state index contributed by atoms with van der Waals surface area (Å²) >= 11 is 0. The molecule has 0 aliphatic carbocycles. The average Bonchev–Trinajstić information content (AvgIpc) is 2.63. The predicted molar refractivity (Wildman–Crippen MR) is 109 cm³/mol. The molecule has 5 heteroatoms. The van der Waals surface area contributed by atoms with E-state index in [9.17, 15) is 4.79 Å². The Morgan fingerprint density at radius 3 is 2.30 bits per heavy atom. The third kappa shape index (κ3) is 6.70. The number of hydrogen-bond donors (Lipinski definition) is 1. The normalized spacial score (nSPS) is 10.9. The minimum Gasteiger partial charge on any atom is -0.491 e. The molecule has 144 valence electrons. The van der Waals surface area contributed by atoms with Crippen LogP contribution < -0.4 is 19.5 Å². The molecular weight excluding hydrogens is 342 g/mol. The number of carbonyl (C=O) groups is 1. The molecule has 0 spiro atoms. The number of nitrogens with one attached hydrogen (secondary N) is 1. The molecule has 0 heterocycles. The first-order chi connectivity index (χ1) is 13.0. The van der Waals surface area contributed by atoms with E-state index in [0.717, 1.165) is 11.3 Å². The maximum Gasteiger partial charge on any atom is 0.248 e. The molecular formula is C22H27NO4. The zero-order chi connectivity index (χ0) is 19.6. The number of rotatable bonds is 9. The highest BCUT2D eigenvalue weighted by Gasteiger charge is 2.05. The van der Waals surface area contributed by atoms with Gasteiger partial charge in [0.15, 0.2) is 11.5 Å². The predicted octanol–water partition coefficient (Wildman–Crippen LogP) is 4.92. The van der Waals surface area contributed by atoms with Gasteiger partial charge in [-0.25, -0.2) is 0 Å². The molecule has 0 atom stereocenters. The smallest absolute Gasteiger partial charge is 0.248 e. The van der Waals surface area contributed by atoms with Gasteiger partial charge in [0.25, 0.3) is 0 Å². The second-order valence-electron chi connectivity index (χ2n) is 6.09. The van der Waals surface area contributed by atoms with Gasteiger partial charge in [0.05, 0.1) is 19.3 Å². The van der Waals surface area contributed by atoms with E-state index in [1.165, 1.54) is 6.08 Å². The molecule has 0 aromatic heterocycles. The Morgan fingerprint density at radius 2 is 1.67 bits per heavy atom. The molecule has 0 unspecified atom stereocenters. The molecule has 0 aliphatic heterocycles. The lowest BCUT2D eigenvalue weighted by molar-refractivity contribution is -0.111. The van der Waals surface area contributed by atoms with Crippen molar-refractivity contribution >= 4 is 17.7 Å². The monoisotopic (exact) mass is 369 g/mol. The number of anilines is 1. The number of carbonyl (C=O) groups excluding carboxylic acids is 1. The van der Waals surface area contributed by atoms with Crippen LogP contribution >= 0.6 is 0 Å². The molecule has 0 saturated carbocycles. The standard InChI is InChI=1S/C22H27NO4/c1-5-25-20-13-7-17(15-21(20)26-6-2)8-14-22(24)23-18-9-11-19(12-10-18)27-16(3)4/h7-16H,5-6H2,1-4H3,(H,23,24). The van der Waals surface area contributed by atoms with Crippen molar-refractivity contribution in [3.05, 3.63) is 54.1 Å². The van der Waals surface area contributed by atoms with Crippen molar-refractivity contribution in [2.75, 3.05) is 18.5 Å². The highest BCUT2D eigenvalue weighted by Crippen LogP contribution is 2.29. The van der Waals surface area contributed by atoms with Gasteiger partial charge in [0.2, 0.25) is 5.91 Å². The van der Waals surface area contributed by atoms with Gasteiger partial charge in [-0.2, -0.15) is 0 Å². The highest BCUT2D eigenvalue weighted by molar-refractivity contribution is 6.01. The molecule has 0 bridgehead atoms. The van der Waals surface area contributed by atoms with Gasteiger partial charge in [-0.3, -0.25) is 4.79 Å². The van der Waals surface area contributed by atoms with Crippen molar-refractivity contribution in [2.45, 2.75) is 33.8 Å². The Hall–Kier alpha value is -2.95. The molecule has 0 fully saturated rings. The summed E-state index contributed by atoms with van der Waals surface area (Å²) in [5.74, 6) is 1.93. The summed E-state index contributed by atoms with van der Waals surface area (Å²) in [5, 5.41) is 2.83. The Kier molecular flexibility index (Phi) is 7.74. The third-order valence-electron chi connectivity index (χ3n) is 3.49. The first-order valence-corrected chi connectivity index (χ1v) is 9.17. The van der Waals surface area contributed by atoms with Crippen molar-refractivity contribution in [2.24, 2.45) is 0 Å². The summed E-state index contributed by atoms with van der Waals surface area (Å²) in [7, 11) is 0. The quantitative estimate of drug-likeness (QED) is 0.637. The lowest BCUT2D eigenvalue weighted by Crippen LogP contribution is -2.08. The van der Waals surface area contributed by atoms with Crippen LogP contribution in [-0.4, -0.2) is 25.2 Å². The van der Waals surface area contributed by atoms with Crippen LogP contribution in [-0.2, 0) is 4.79 Å². The zero-order valence-electron chi connectivity index (χ0n) is 16.3. The molecule has 0 saturated heterocycles. The fraction of sp³-hybridized carbons (Fsp3) is 0.318.